The van der Waals surface area contributed by atoms with Crippen LogP contribution in [-0.4, -0.2) is 6.10 Å². The van der Waals surface area contributed by atoms with E-state index in [1.807, 2.05) is 13.0 Å². The molecular formula is C13H13FO. The van der Waals surface area contributed by atoms with Crippen LogP contribution in [0.25, 0.3) is 5.76 Å². The lowest BCUT2D eigenvalue weighted by Gasteiger charge is -2.12. The van der Waals surface area contributed by atoms with Gasteiger partial charge in [-0.05, 0) is 37.1 Å². The third-order valence-electron chi connectivity index (χ3n) is 2.49. The molecular weight excluding hydrogens is 191 g/mol. The second kappa shape index (κ2) is 3.89. The van der Waals surface area contributed by atoms with Gasteiger partial charge >= 0.3 is 0 Å². The summed E-state index contributed by atoms with van der Waals surface area (Å²) < 4.78 is 18.7. The molecule has 78 valence electrons. The molecule has 0 saturated carbocycles. The average molecular weight is 204 g/mol. The molecule has 15 heavy (non-hydrogen) atoms. The predicted octanol–water partition coefficient (Wildman–Crippen LogP) is 3.31. The normalized spacial score (nSPS) is 15.5. The summed E-state index contributed by atoms with van der Waals surface area (Å²) in [6, 6.07) is 4.80. The second-order valence-corrected chi connectivity index (χ2v) is 3.63. The molecule has 0 saturated heterocycles. The summed E-state index contributed by atoms with van der Waals surface area (Å²) in [5.41, 5.74) is 1.98. The van der Waals surface area contributed by atoms with Gasteiger partial charge in [-0.1, -0.05) is 18.7 Å². The molecule has 1 unspecified atom stereocenters. The molecule has 0 amide bonds. The first-order valence-electron chi connectivity index (χ1n) is 4.99. The number of halogens is 1. The number of fused-ring (bicyclic) bond motifs is 1. The highest BCUT2D eigenvalue weighted by Gasteiger charge is 2.16. The topological polar surface area (TPSA) is 9.23 Å². The fraction of sp³-hybridized carbons (Fsp3) is 0.231. The van der Waals surface area contributed by atoms with Crippen LogP contribution in [-0.2, 0) is 11.2 Å². The Bertz CT molecular complexity index is 421. The third-order valence-corrected chi connectivity index (χ3v) is 2.49. The lowest BCUT2D eigenvalue weighted by Crippen LogP contribution is -2.02. The molecule has 0 aromatic heterocycles. The fourth-order valence-corrected chi connectivity index (χ4v) is 1.63. The molecule has 2 rings (SSSR count). The van der Waals surface area contributed by atoms with Gasteiger partial charge in [-0.2, -0.15) is 0 Å². The minimum absolute atomic E-state index is 0.0505. The summed E-state index contributed by atoms with van der Waals surface area (Å²) >= 11 is 0. The highest BCUT2D eigenvalue weighted by atomic mass is 19.1. The summed E-state index contributed by atoms with van der Waals surface area (Å²) in [4.78, 5) is 0. The number of allylic oxidation sites excluding steroid dienone is 1. The van der Waals surface area contributed by atoms with Crippen molar-refractivity contribution < 1.29 is 9.13 Å². The summed E-state index contributed by atoms with van der Waals surface area (Å²) in [5, 5.41) is 0. The van der Waals surface area contributed by atoms with Crippen molar-refractivity contribution >= 4 is 5.76 Å². The number of benzene rings is 1. The maximum atomic E-state index is 13.1. The van der Waals surface area contributed by atoms with Gasteiger partial charge in [0.2, 0.25) is 0 Å². The summed E-state index contributed by atoms with van der Waals surface area (Å²) in [7, 11) is 0. The SMILES string of the molecule is C=CC(C)OC1=CCc2ccc(F)cc21. The standard InChI is InChI=1S/C13H13FO/c1-3-9(2)15-13-7-5-10-4-6-11(14)8-12(10)13/h3-4,6-9H,1,5H2,2H3. The molecule has 0 radical (unpaired) electrons. The van der Waals surface area contributed by atoms with Gasteiger partial charge in [-0.25, -0.2) is 4.39 Å². The van der Waals surface area contributed by atoms with Crippen molar-refractivity contribution in [1.29, 1.82) is 0 Å². The van der Waals surface area contributed by atoms with E-state index < -0.39 is 0 Å². The monoisotopic (exact) mass is 204 g/mol. The summed E-state index contributed by atoms with van der Waals surface area (Å²) in [6.45, 7) is 5.56. The van der Waals surface area contributed by atoms with Crippen LogP contribution in [0.4, 0.5) is 4.39 Å². The molecule has 0 heterocycles. The zero-order valence-electron chi connectivity index (χ0n) is 8.66. The van der Waals surface area contributed by atoms with Crippen LogP contribution >= 0.6 is 0 Å². The number of hydrogen-bond acceptors (Lipinski definition) is 1. The highest BCUT2D eigenvalue weighted by Crippen LogP contribution is 2.29. The van der Waals surface area contributed by atoms with E-state index in [1.165, 1.54) is 12.1 Å². The Balaban J connectivity index is 2.26. The van der Waals surface area contributed by atoms with E-state index >= 15 is 0 Å². The Hall–Kier alpha value is -1.57. The first-order valence-corrected chi connectivity index (χ1v) is 4.99. The van der Waals surface area contributed by atoms with E-state index in [4.69, 9.17) is 4.74 Å². The Kier molecular flexibility index (Phi) is 2.58. The van der Waals surface area contributed by atoms with E-state index in [9.17, 15) is 4.39 Å². The van der Waals surface area contributed by atoms with Crippen LogP contribution in [0, 0.1) is 5.82 Å². The maximum absolute atomic E-state index is 13.1. The molecule has 0 bridgehead atoms. The Morgan fingerprint density at radius 2 is 2.33 bits per heavy atom. The first-order chi connectivity index (χ1) is 7.20. The van der Waals surface area contributed by atoms with Gasteiger partial charge in [0.1, 0.15) is 17.7 Å². The zero-order chi connectivity index (χ0) is 10.8. The Morgan fingerprint density at radius 1 is 1.53 bits per heavy atom. The van der Waals surface area contributed by atoms with Crippen LogP contribution < -0.4 is 0 Å². The van der Waals surface area contributed by atoms with Crippen molar-refractivity contribution in [3.8, 4) is 0 Å². The van der Waals surface area contributed by atoms with E-state index in [2.05, 4.69) is 6.58 Å². The van der Waals surface area contributed by atoms with E-state index in [1.54, 1.807) is 12.1 Å². The predicted molar refractivity (Wildman–Crippen MR) is 58.8 cm³/mol. The van der Waals surface area contributed by atoms with Crippen molar-refractivity contribution in [2.45, 2.75) is 19.4 Å². The van der Waals surface area contributed by atoms with Crippen LogP contribution in [0.3, 0.4) is 0 Å². The van der Waals surface area contributed by atoms with Crippen LogP contribution in [0.5, 0.6) is 0 Å². The molecule has 1 aromatic rings. The van der Waals surface area contributed by atoms with Gasteiger partial charge < -0.3 is 4.74 Å². The van der Waals surface area contributed by atoms with Crippen LogP contribution in [0.2, 0.25) is 0 Å². The van der Waals surface area contributed by atoms with Crippen molar-refractivity contribution in [1.82, 2.24) is 0 Å². The summed E-state index contributed by atoms with van der Waals surface area (Å²) in [5.74, 6) is 0.535. The molecule has 1 atom stereocenters. The molecule has 1 nitrogen and oxygen atoms in total. The van der Waals surface area contributed by atoms with Gasteiger partial charge in [0.25, 0.3) is 0 Å². The summed E-state index contributed by atoms with van der Waals surface area (Å²) in [6.07, 6.45) is 4.46. The molecule has 0 fully saturated rings. The van der Waals surface area contributed by atoms with Crippen LogP contribution in [0.1, 0.15) is 18.1 Å². The van der Waals surface area contributed by atoms with Crippen molar-refractivity contribution in [3.05, 3.63) is 53.9 Å². The van der Waals surface area contributed by atoms with Gasteiger partial charge in [0.05, 0.1) is 0 Å². The lowest BCUT2D eigenvalue weighted by molar-refractivity contribution is 0.231. The molecule has 1 aromatic carbocycles. The molecule has 0 spiro atoms. The van der Waals surface area contributed by atoms with Gasteiger partial charge in [-0.15, -0.1) is 0 Å². The maximum Gasteiger partial charge on any atom is 0.124 e. The third kappa shape index (κ3) is 1.94. The molecule has 0 aliphatic heterocycles. The van der Waals surface area contributed by atoms with Crippen LogP contribution in [0.15, 0.2) is 36.9 Å². The Morgan fingerprint density at radius 3 is 3.07 bits per heavy atom. The van der Waals surface area contributed by atoms with Gasteiger partial charge in [0, 0.05) is 5.56 Å². The highest BCUT2D eigenvalue weighted by molar-refractivity contribution is 5.68. The Labute approximate surface area is 88.9 Å². The fourth-order valence-electron chi connectivity index (χ4n) is 1.63. The largest absolute Gasteiger partial charge is 0.486 e. The number of ether oxygens (including phenoxy) is 1. The van der Waals surface area contributed by atoms with Gasteiger partial charge in [-0.3, -0.25) is 0 Å². The minimum Gasteiger partial charge on any atom is -0.486 e. The molecule has 0 N–H and O–H groups in total. The number of rotatable bonds is 3. The van der Waals surface area contributed by atoms with E-state index in [0.717, 1.165) is 23.3 Å². The van der Waals surface area contributed by atoms with E-state index in [0.29, 0.717) is 0 Å². The van der Waals surface area contributed by atoms with E-state index in [-0.39, 0.29) is 11.9 Å². The smallest absolute Gasteiger partial charge is 0.124 e. The van der Waals surface area contributed by atoms with Crippen molar-refractivity contribution in [2.24, 2.45) is 0 Å². The first kappa shape index (κ1) is 9.97. The zero-order valence-corrected chi connectivity index (χ0v) is 8.66. The molecule has 2 heteroatoms. The second-order valence-electron chi connectivity index (χ2n) is 3.63. The lowest BCUT2D eigenvalue weighted by atomic mass is 10.1. The number of hydrogen-bond donors (Lipinski definition) is 0. The van der Waals surface area contributed by atoms with Crippen molar-refractivity contribution in [3.63, 3.8) is 0 Å². The van der Waals surface area contributed by atoms with Crippen molar-refractivity contribution in [2.75, 3.05) is 0 Å². The quantitative estimate of drug-likeness (QED) is 0.686. The average Bonchev–Trinajstić information content (AvgIpc) is 2.61. The minimum atomic E-state index is -0.226. The van der Waals surface area contributed by atoms with Gasteiger partial charge in [0.15, 0.2) is 0 Å². The molecule has 1 aliphatic carbocycles. The molecule has 1 aliphatic rings.